The predicted molar refractivity (Wildman–Crippen MR) is 85.8 cm³/mol. The summed E-state index contributed by atoms with van der Waals surface area (Å²) in [6.07, 6.45) is 1.23. The second-order valence-electron chi connectivity index (χ2n) is 4.86. The Bertz CT molecular complexity index is 657. The lowest BCUT2D eigenvalue weighted by Crippen LogP contribution is -2.24. The summed E-state index contributed by atoms with van der Waals surface area (Å²) in [6.45, 7) is 6.06. The maximum Gasteiger partial charge on any atom is 0.132 e. The minimum absolute atomic E-state index is 0.505. The first-order chi connectivity index (χ1) is 10.2. The van der Waals surface area contributed by atoms with E-state index >= 15 is 0 Å². The van der Waals surface area contributed by atoms with Crippen molar-refractivity contribution in [2.24, 2.45) is 0 Å². The normalized spacial score (nSPS) is 10.4. The van der Waals surface area contributed by atoms with Crippen LogP contribution in [0.15, 0.2) is 24.3 Å². The summed E-state index contributed by atoms with van der Waals surface area (Å²) in [5, 5.41) is 9.92. The van der Waals surface area contributed by atoms with Gasteiger partial charge in [-0.15, -0.1) is 0 Å². The fraction of sp³-hybridized carbons (Fsp3) is 0.412. The molecule has 0 bridgehead atoms. The molecule has 0 fully saturated rings. The van der Waals surface area contributed by atoms with Crippen LogP contribution >= 0.6 is 0 Å². The van der Waals surface area contributed by atoms with E-state index in [1.165, 1.54) is 0 Å². The Kier molecular flexibility index (Phi) is 4.99. The molecule has 4 nitrogen and oxygen atoms in total. The van der Waals surface area contributed by atoms with Crippen molar-refractivity contribution in [1.29, 1.82) is 5.26 Å². The van der Waals surface area contributed by atoms with Crippen LogP contribution in [-0.4, -0.2) is 25.2 Å². The third kappa shape index (κ3) is 3.25. The van der Waals surface area contributed by atoms with E-state index in [9.17, 15) is 0 Å². The summed E-state index contributed by atoms with van der Waals surface area (Å²) in [5.41, 5.74) is 2.08. The minimum Gasteiger partial charge on any atom is -0.497 e. The Morgan fingerprint density at radius 3 is 2.62 bits per heavy atom. The van der Waals surface area contributed by atoms with Gasteiger partial charge in [0.2, 0.25) is 0 Å². The van der Waals surface area contributed by atoms with Crippen LogP contribution in [0.2, 0.25) is 0 Å². The number of anilines is 1. The summed E-state index contributed by atoms with van der Waals surface area (Å²) in [5.74, 6) is 1.82. The van der Waals surface area contributed by atoms with Gasteiger partial charge in [0, 0.05) is 24.9 Å². The van der Waals surface area contributed by atoms with E-state index < -0.39 is 0 Å². The van der Waals surface area contributed by atoms with Gasteiger partial charge in [-0.25, -0.2) is 4.98 Å². The first kappa shape index (κ1) is 15.1. The lowest BCUT2D eigenvalue weighted by atomic mass is 10.1. The Hall–Kier alpha value is -2.28. The first-order valence-corrected chi connectivity index (χ1v) is 7.33. The SMILES string of the molecule is CCN(CC)c1nc2ccc(OC)cc2cc1CCC#N. The Balaban J connectivity index is 2.56. The summed E-state index contributed by atoms with van der Waals surface area (Å²) in [6, 6.07) is 10.3. The van der Waals surface area contributed by atoms with Crippen molar-refractivity contribution in [2.45, 2.75) is 26.7 Å². The van der Waals surface area contributed by atoms with Crippen molar-refractivity contribution in [3.05, 3.63) is 29.8 Å². The molecule has 0 spiro atoms. The van der Waals surface area contributed by atoms with E-state index in [1.54, 1.807) is 7.11 Å². The van der Waals surface area contributed by atoms with E-state index in [4.69, 9.17) is 15.0 Å². The second kappa shape index (κ2) is 6.94. The fourth-order valence-electron chi connectivity index (χ4n) is 2.49. The number of aromatic nitrogens is 1. The van der Waals surface area contributed by atoms with Crippen molar-refractivity contribution < 1.29 is 4.74 Å². The highest BCUT2D eigenvalue weighted by Crippen LogP contribution is 2.27. The van der Waals surface area contributed by atoms with Crippen LogP contribution in [0.4, 0.5) is 5.82 Å². The number of nitrogens with zero attached hydrogens (tertiary/aromatic N) is 3. The van der Waals surface area contributed by atoms with Gasteiger partial charge >= 0.3 is 0 Å². The van der Waals surface area contributed by atoms with Gasteiger partial charge in [-0.3, -0.25) is 0 Å². The molecule has 0 aliphatic carbocycles. The zero-order chi connectivity index (χ0) is 15.2. The van der Waals surface area contributed by atoms with Crippen molar-refractivity contribution >= 4 is 16.7 Å². The number of methoxy groups -OCH3 is 1. The minimum atomic E-state index is 0.505. The smallest absolute Gasteiger partial charge is 0.132 e. The molecule has 2 aromatic rings. The zero-order valence-electron chi connectivity index (χ0n) is 12.9. The third-order valence-corrected chi connectivity index (χ3v) is 3.65. The van der Waals surface area contributed by atoms with Crippen LogP contribution in [0.1, 0.15) is 25.8 Å². The molecule has 0 unspecified atom stereocenters. The molecular formula is C17H21N3O. The molecule has 110 valence electrons. The Labute approximate surface area is 126 Å². The van der Waals surface area contributed by atoms with Gasteiger partial charge in [-0.2, -0.15) is 5.26 Å². The van der Waals surface area contributed by atoms with E-state index in [1.807, 2.05) is 18.2 Å². The standard InChI is InChI=1S/C17H21N3O/c1-4-20(5-2)17-13(7-6-10-18)11-14-12-15(21-3)8-9-16(14)19-17/h8-9,11-12H,4-7H2,1-3H3. The molecule has 0 amide bonds. The lowest BCUT2D eigenvalue weighted by Gasteiger charge is -2.23. The highest BCUT2D eigenvalue weighted by atomic mass is 16.5. The Morgan fingerprint density at radius 1 is 1.24 bits per heavy atom. The van der Waals surface area contributed by atoms with E-state index in [2.05, 4.69) is 30.9 Å². The molecule has 2 rings (SSSR count). The molecule has 4 heteroatoms. The lowest BCUT2D eigenvalue weighted by molar-refractivity contribution is 0.415. The van der Waals surface area contributed by atoms with Crippen molar-refractivity contribution in [2.75, 3.05) is 25.1 Å². The number of fused-ring (bicyclic) bond motifs is 1. The number of rotatable bonds is 6. The number of ether oxygens (including phenoxy) is 1. The van der Waals surface area contributed by atoms with Crippen LogP contribution in [-0.2, 0) is 6.42 Å². The number of hydrogen-bond acceptors (Lipinski definition) is 4. The molecule has 0 aliphatic heterocycles. The molecule has 21 heavy (non-hydrogen) atoms. The first-order valence-electron chi connectivity index (χ1n) is 7.33. The molecule has 0 saturated heterocycles. The molecule has 0 atom stereocenters. The topological polar surface area (TPSA) is 49.2 Å². The van der Waals surface area contributed by atoms with Crippen molar-refractivity contribution in [3.8, 4) is 11.8 Å². The number of benzene rings is 1. The summed E-state index contributed by atoms with van der Waals surface area (Å²) < 4.78 is 5.27. The number of nitriles is 1. The van der Waals surface area contributed by atoms with Gasteiger partial charge < -0.3 is 9.64 Å². The summed E-state index contributed by atoms with van der Waals surface area (Å²) >= 11 is 0. The van der Waals surface area contributed by atoms with Crippen molar-refractivity contribution in [1.82, 2.24) is 4.98 Å². The van der Waals surface area contributed by atoms with Gasteiger partial charge in [0.15, 0.2) is 0 Å². The number of aryl methyl sites for hydroxylation is 1. The van der Waals surface area contributed by atoms with E-state index in [-0.39, 0.29) is 0 Å². The zero-order valence-corrected chi connectivity index (χ0v) is 12.9. The molecule has 1 aromatic heterocycles. The van der Waals surface area contributed by atoms with E-state index in [0.29, 0.717) is 6.42 Å². The quantitative estimate of drug-likeness (QED) is 0.813. The fourth-order valence-corrected chi connectivity index (χ4v) is 2.49. The molecule has 1 heterocycles. The maximum atomic E-state index is 8.86. The average Bonchev–Trinajstić information content (AvgIpc) is 2.53. The van der Waals surface area contributed by atoms with Crippen LogP contribution < -0.4 is 9.64 Å². The maximum absolute atomic E-state index is 8.86. The van der Waals surface area contributed by atoms with Gasteiger partial charge in [0.05, 0.1) is 18.7 Å². The summed E-state index contributed by atoms with van der Waals surface area (Å²) in [7, 11) is 1.66. The van der Waals surface area contributed by atoms with Crippen LogP contribution in [0.25, 0.3) is 10.9 Å². The molecule has 0 aliphatic rings. The Morgan fingerprint density at radius 2 is 2.00 bits per heavy atom. The highest BCUT2D eigenvalue weighted by molar-refractivity contribution is 5.83. The summed E-state index contributed by atoms with van der Waals surface area (Å²) in [4.78, 5) is 7.04. The van der Waals surface area contributed by atoms with E-state index in [0.717, 1.165) is 47.5 Å². The molecule has 0 radical (unpaired) electrons. The monoisotopic (exact) mass is 283 g/mol. The van der Waals surface area contributed by atoms with Crippen LogP contribution in [0, 0.1) is 11.3 Å². The second-order valence-corrected chi connectivity index (χ2v) is 4.86. The highest BCUT2D eigenvalue weighted by Gasteiger charge is 2.12. The predicted octanol–water partition coefficient (Wildman–Crippen LogP) is 3.55. The molecule has 1 aromatic carbocycles. The number of pyridine rings is 1. The molecular weight excluding hydrogens is 262 g/mol. The number of hydrogen-bond donors (Lipinski definition) is 0. The van der Waals surface area contributed by atoms with Crippen LogP contribution in [0.5, 0.6) is 5.75 Å². The largest absolute Gasteiger partial charge is 0.497 e. The molecule has 0 N–H and O–H groups in total. The van der Waals surface area contributed by atoms with Gasteiger partial charge in [-0.1, -0.05) is 0 Å². The van der Waals surface area contributed by atoms with Gasteiger partial charge in [-0.05, 0) is 50.1 Å². The van der Waals surface area contributed by atoms with Gasteiger partial charge in [0.25, 0.3) is 0 Å². The third-order valence-electron chi connectivity index (χ3n) is 3.65. The molecule has 0 saturated carbocycles. The van der Waals surface area contributed by atoms with Gasteiger partial charge in [0.1, 0.15) is 11.6 Å². The van der Waals surface area contributed by atoms with Crippen LogP contribution in [0.3, 0.4) is 0 Å². The average molecular weight is 283 g/mol. The van der Waals surface area contributed by atoms with Crippen molar-refractivity contribution in [3.63, 3.8) is 0 Å².